The van der Waals surface area contributed by atoms with Gasteiger partial charge in [-0.3, -0.25) is 4.57 Å². The standard InChI is InChI=1S/C30H22N2/c1-30(2)22-13-5-3-11-20(22)29-27-19(10-9-14-23(27)30)18-25-28(29)21-12-4-6-15-24(21)32(25)26-16-7-8-17-31-26/h3-18H,1-2H3. The Labute approximate surface area is 186 Å². The Balaban J connectivity index is 1.80. The van der Waals surface area contributed by atoms with E-state index in [9.17, 15) is 0 Å². The van der Waals surface area contributed by atoms with Crippen LogP contribution >= 0.6 is 0 Å². The second-order valence-corrected chi connectivity index (χ2v) is 9.26. The Morgan fingerprint density at radius 1 is 0.688 bits per heavy atom. The van der Waals surface area contributed by atoms with Crippen LogP contribution in [0.4, 0.5) is 0 Å². The first-order valence-corrected chi connectivity index (χ1v) is 11.2. The third-order valence-corrected chi connectivity index (χ3v) is 7.22. The van der Waals surface area contributed by atoms with Gasteiger partial charge in [-0.25, -0.2) is 4.98 Å². The van der Waals surface area contributed by atoms with Crippen LogP contribution in [0, 0.1) is 0 Å². The molecular formula is C30H22N2. The third kappa shape index (κ3) is 2.12. The molecule has 1 aliphatic carbocycles. The van der Waals surface area contributed by atoms with E-state index in [1.165, 1.54) is 54.8 Å². The van der Waals surface area contributed by atoms with Crippen molar-refractivity contribution in [1.29, 1.82) is 0 Å². The Morgan fingerprint density at radius 3 is 2.34 bits per heavy atom. The zero-order valence-electron chi connectivity index (χ0n) is 18.1. The van der Waals surface area contributed by atoms with E-state index < -0.39 is 0 Å². The largest absolute Gasteiger partial charge is 0.294 e. The molecule has 1 aliphatic rings. The molecule has 2 aromatic heterocycles. The summed E-state index contributed by atoms with van der Waals surface area (Å²) in [6, 6.07) is 32.9. The topological polar surface area (TPSA) is 17.8 Å². The molecule has 0 atom stereocenters. The van der Waals surface area contributed by atoms with Crippen LogP contribution in [0.5, 0.6) is 0 Å². The molecule has 0 amide bonds. The minimum atomic E-state index is -0.0455. The summed E-state index contributed by atoms with van der Waals surface area (Å²) in [6.45, 7) is 4.70. The zero-order chi connectivity index (χ0) is 21.4. The van der Waals surface area contributed by atoms with Crippen molar-refractivity contribution in [2.45, 2.75) is 19.3 Å². The predicted octanol–water partition coefficient (Wildman–Crippen LogP) is 7.64. The predicted molar refractivity (Wildman–Crippen MR) is 134 cm³/mol. The average Bonchev–Trinajstić information content (AvgIpc) is 3.16. The molecule has 0 N–H and O–H groups in total. The zero-order valence-corrected chi connectivity index (χ0v) is 18.1. The van der Waals surface area contributed by atoms with Gasteiger partial charge in [0, 0.05) is 27.9 Å². The highest BCUT2D eigenvalue weighted by Crippen LogP contribution is 2.52. The summed E-state index contributed by atoms with van der Waals surface area (Å²) >= 11 is 0. The summed E-state index contributed by atoms with van der Waals surface area (Å²) in [5, 5.41) is 5.25. The van der Waals surface area contributed by atoms with Crippen molar-refractivity contribution in [1.82, 2.24) is 9.55 Å². The Hall–Kier alpha value is -3.91. The lowest BCUT2D eigenvalue weighted by atomic mass is 9.68. The molecule has 0 aliphatic heterocycles. The molecule has 0 bridgehead atoms. The molecule has 2 heterocycles. The molecule has 32 heavy (non-hydrogen) atoms. The van der Waals surface area contributed by atoms with Crippen molar-refractivity contribution >= 4 is 32.6 Å². The highest BCUT2D eigenvalue weighted by Gasteiger charge is 2.35. The molecule has 4 aromatic carbocycles. The number of para-hydroxylation sites is 1. The third-order valence-electron chi connectivity index (χ3n) is 7.22. The van der Waals surface area contributed by atoms with Gasteiger partial charge in [0.05, 0.1) is 11.0 Å². The van der Waals surface area contributed by atoms with Gasteiger partial charge in [0.25, 0.3) is 0 Å². The van der Waals surface area contributed by atoms with Crippen LogP contribution in [0.15, 0.2) is 97.2 Å². The van der Waals surface area contributed by atoms with Gasteiger partial charge in [-0.15, -0.1) is 0 Å². The molecule has 7 rings (SSSR count). The normalized spacial score (nSPS) is 14.2. The molecule has 152 valence electrons. The molecule has 0 saturated carbocycles. The van der Waals surface area contributed by atoms with Crippen LogP contribution in [0.1, 0.15) is 25.0 Å². The molecule has 0 fully saturated rings. The fraction of sp³-hybridized carbons (Fsp3) is 0.100. The van der Waals surface area contributed by atoms with Crippen LogP contribution < -0.4 is 0 Å². The van der Waals surface area contributed by atoms with Crippen molar-refractivity contribution in [2.75, 3.05) is 0 Å². The lowest BCUT2D eigenvalue weighted by Gasteiger charge is -2.35. The quantitative estimate of drug-likeness (QED) is 0.272. The summed E-state index contributed by atoms with van der Waals surface area (Å²) in [5.41, 5.74) is 7.85. The second-order valence-electron chi connectivity index (χ2n) is 9.26. The lowest BCUT2D eigenvalue weighted by molar-refractivity contribution is 0.645. The number of fused-ring (bicyclic) bond motifs is 6. The minimum Gasteiger partial charge on any atom is -0.294 e. The smallest absolute Gasteiger partial charge is 0.137 e. The maximum Gasteiger partial charge on any atom is 0.137 e. The van der Waals surface area contributed by atoms with E-state index in [1.807, 2.05) is 12.3 Å². The first kappa shape index (κ1) is 17.7. The molecule has 6 aromatic rings. The van der Waals surface area contributed by atoms with Gasteiger partial charge in [-0.1, -0.05) is 80.6 Å². The van der Waals surface area contributed by atoms with Crippen molar-refractivity contribution in [3.05, 3.63) is 108 Å². The Morgan fingerprint density at radius 2 is 1.47 bits per heavy atom. The monoisotopic (exact) mass is 410 g/mol. The van der Waals surface area contributed by atoms with E-state index in [2.05, 4.69) is 103 Å². The summed E-state index contributed by atoms with van der Waals surface area (Å²) in [7, 11) is 0. The van der Waals surface area contributed by atoms with Gasteiger partial charge >= 0.3 is 0 Å². The number of hydrogen-bond acceptors (Lipinski definition) is 1. The molecular weight excluding hydrogens is 388 g/mol. The van der Waals surface area contributed by atoms with Gasteiger partial charge in [0.15, 0.2) is 0 Å². The number of rotatable bonds is 1. The summed E-state index contributed by atoms with van der Waals surface area (Å²) in [5.74, 6) is 0.950. The molecule has 0 radical (unpaired) electrons. The summed E-state index contributed by atoms with van der Waals surface area (Å²) in [4.78, 5) is 4.72. The van der Waals surface area contributed by atoms with E-state index in [4.69, 9.17) is 4.98 Å². The van der Waals surface area contributed by atoms with Crippen molar-refractivity contribution in [2.24, 2.45) is 0 Å². The number of pyridine rings is 1. The van der Waals surface area contributed by atoms with Crippen LogP contribution in [0.2, 0.25) is 0 Å². The lowest BCUT2D eigenvalue weighted by Crippen LogP contribution is -2.23. The van der Waals surface area contributed by atoms with E-state index in [1.54, 1.807) is 0 Å². The maximum atomic E-state index is 4.72. The van der Waals surface area contributed by atoms with Crippen LogP contribution in [0.25, 0.3) is 49.5 Å². The Kier molecular flexibility index (Phi) is 3.37. The van der Waals surface area contributed by atoms with Crippen molar-refractivity contribution in [3.63, 3.8) is 0 Å². The first-order valence-electron chi connectivity index (χ1n) is 11.2. The van der Waals surface area contributed by atoms with Crippen molar-refractivity contribution in [3.8, 4) is 16.9 Å². The number of nitrogens with zero attached hydrogens (tertiary/aromatic N) is 2. The highest BCUT2D eigenvalue weighted by atomic mass is 15.1. The molecule has 0 unspecified atom stereocenters. The van der Waals surface area contributed by atoms with Gasteiger partial charge in [0.2, 0.25) is 0 Å². The first-order chi connectivity index (χ1) is 15.7. The second kappa shape index (κ2) is 6.08. The summed E-state index contributed by atoms with van der Waals surface area (Å²) in [6.07, 6.45) is 1.87. The number of aromatic nitrogens is 2. The number of hydrogen-bond donors (Lipinski definition) is 0. The average molecular weight is 411 g/mol. The fourth-order valence-corrected chi connectivity index (χ4v) is 5.82. The van der Waals surface area contributed by atoms with E-state index in [-0.39, 0.29) is 5.41 Å². The summed E-state index contributed by atoms with van der Waals surface area (Å²) < 4.78 is 2.32. The van der Waals surface area contributed by atoms with Crippen LogP contribution in [0.3, 0.4) is 0 Å². The molecule has 2 nitrogen and oxygen atoms in total. The van der Waals surface area contributed by atoms with Crippen LogP contribution in [-0.4, -0.2) is 9.55 Å². The van der Waals surface area contributed by atoms with Gasteiger partial charge in [-0.05, 0) is 51.7 Å². The number of benzene rings is 4. The van der Waals surface area contributed by atoms with Crippen molar-refractivity contribution < 1.29 is 0 Å². The molecule has 0 spiro atoms. The van der Waals surface area contributed by atoms with E-state index in [0.717, 1.165) is 5.82 Å². The Bertz CT molecular complexity index is 1690. The van der Waals surface area contributed by atoms with Gasteiger partial charge in [0.1, 0.15) is 5.82 Å². The highest BCUT2D eigenvalue weighted by molar-refractivity contribution is 6.24. The molecule has 2 heteroatoms. The van der Waals surface area contributed by atoms with Gasteiger partial charge < -0.3 is 0 Å². The SMILES string of the molecule is CC1(C)c2ccccc2-c2c3c1cccc3cc1c2c2ccccc2n1-c1ccccn1. The minimum absolute atomic E-state index is 0.0455. The van der Waals surface area contributed by atoms with E-state index in [0.29, 0.717) is 0 Å². The fourth-order valence-electron chi connectivity index (χ4n) is 5.82. The van der Waals surface area contributed by atoms with Gasteiger partial charge in [-0.2, -0.15) is 0 Å². The molecule has 0 saturated heterocycles. The maximum absolute atomic E-state index is 4.72. The van der Waals surface area contributed by atoms with Crippen LogP contribution in [-0.2, 0) is 5.41 Å². The van der Waals surface area contributed by atoms with E-state index >= 15 is 0 Å².